The Bertz CT molecular complexity index is 275. The van der Waals surface area contributed by atoms with Gasteiger partial charge in [0.05, 0.1) is 11.6 Å². The number of rotatable bonds is 5. The van der Waals surface area contributed by atoms with Crippen molar-refractivity contribution in [3.8, 4) is 0 Å². The molecule has 4 heteroatoms. The molecule has 3 nitrogen and oxygen atoms in total. The van der Waals surface area contributed by atoms with Crippen molar-refractivity contribution in [2.45, 2.75) is 25.8 Å². The molecule has 0 saturated carbocycles. The third kappa shape index (κ3) is 2.77. The molecular weight excluding hydrogens is 196 g/mol. The first kappa shape index (κ1) is 11.6. The van der Waals surface area contributed by atoms with E-state index >= 15 is 0 Å². The van der Waals surface area contributed by atoms with E-state index in [9.17, 15) is 0 Å². The minimum Gasteiger partial charge on any atom is -0.384 e. The lowest BCUT2D eigenvalue weighted by atomic mass is 10.2. The van der Waals surface area contributed by atoms with Crippen molar-refractivity contribution >= 4 is 11.3 Å². The zero-order chi connectivity index (χ0) is 10.6. The fourth-order valence-electron chi connectivity index (χ4n) is 1.19. The van der Waals surface area contributed by atoms with Crippen LogP contribution in [0.4, 0.5) is 0 Å². The summed E-state index contributed by atoms with van der Waals surface area (Å²) in [5.41, 5.74) is 0. The van der Waals surface area contributed by atoms with E-state index in [4.69, 9.17) is 4.74 Å². The lowest BCUT2D eigenvalue weighted by molar-refractivity contribution is 0.184. The number of methoxy groups -OCH3 is 1. The highest BCUT2D eigenvalue weighted by Crippen LogP contribution is 2.25. The standard InChI is InChI=1S/C10H18N2OS/c1-7(6-13-4)10-12-5-9(14-10)8(2)11-3/h5,7-8,11H,6H2,1-4H3. The first-order valence-electron chi connectivity index (χ1n) is 4.80. The molecule has 1 N–H and O–H groups in total. The number of ether oxygens (including phenoxy) is 1. The third-order valence-electron chi connectivity index (χ3n) is 2.24. The minimum atomic E-state index is 0.385. The van der Waals surface area contributed by atoms with Gasteiger partial charge in [0, 0.05) is 30.1 Å². The van der Waals surface area contributed by atoms with Gasteiger partial charge in [-0.1, -0.05) is 6.92 Å². The first-order valence-corrected chi connectivity index (χ1v) is 5.62. The van der Waals surface area contributed by atoms with Crippen molar-refractivity contribution in [2.75, 3.05) is 20.8 Å². The second-order valence-electron chi connectivity index (χ2n) is 3.47. The van der Waals surface area contributed by atoms with Crippen LogP contribution in [0.15, 0.2) is 6.20 Å². The van der Waals surface area contributed by atoms with Gasteiger partial charge >= 0.3 is 0 Å². The summed E-state index contributed by atoms with van der Waals surface area (Å²) in [4.78, 5) is 5.69. The quantitative estimate of drug-likeness (QED) is 0.815. The molecule has 0 aliphatic carbocycles. The normalized spacial score (nSPS) is 15.4. The Labute approximate surface area is 89.5 Å². The predicted molar refractivity (Wildman–Crippen MR) is 59.9 cm³/mol. The summed E-state index contributed by atoms with van der Waals surface area (Å²) in [6.07, 6.45) is 1.95. The third-order valence-corrected chi connectivity index (χ3v) is 3.65. The lowest BCUT2D eigenvalue weighted by Gasteiger charge is -2.07. The summed E-state index contributed by atoms with van der Waals surface area (Å²) in [6, 6.07) is 0.385. The van der Waals surface area contributed by atoms with Crippen molar-refractivity contribution in [3.05, 3.63) is 16.1 Å². The van der Waals surface area contributed by atoms with Gasteiger partial charge in [0.15, 0.2) is 0 Å². The number of nitrogens with zero attached hydrogens (tertiary/aromatic N) is 1. The van der Waals surface area contributed by atoms with Crippen molar-refractivity contribution in [1.82, 2.24) is 10.3 Å². The Morgan fingerprint density at radius 1 is 1.57 bits per heavy atom. The van der Waals surface area contributed by atoms with Crippen LogP contribution in [0.25, 0.3) is 0 Å². The highest BCUT2D eigenvalue weighted by atomic mass is 32.1. The van der Waals surface area contributed by atoms with E-state index in [2.05, 4.69) is 24.1 Å². The zero-order valence-corrected chi connectivity index (χ0v) is 10.0. The summed E-state index contributed by atoms with van der Waals surface area (Å²) in [5.74, 6) is 0.391. The van der Waals surface area contributed by atoms with Gasteiger partial charge in [0.1, 0.15) is 0 Å². The molecule has 0 aliphatic heterocycles. The van der Waals surface area contributed by atoms with Crippen LogP contribution >= 0.6 is 11.3 Å². The minimum absolute atomic E-state index is 0.385. The highest BCUT2D eigenvalue weighted by molar-refractivity contribution is 7.11. The SMILES string of the molecule is CNC(C)c1cnc(C(C)COC)s1. The molecule has 1 aromatic heterocycles. The fraction of sp³-hybridized carbons (Fsp3) is 0.700. The number of nitrogens with one attached hydrogen (secondary N) is 1. The Morgan fingerprint density at radius 2 is 2.29 bits per heavy atom. The van der Waals surface area contributed by atoms with E-state index in [1.807, 2.05) is 13.2 Å². The van der Waals surface area contributed by atoms with Gasteiger partial charge in [0.25, 0.3) is 0 Å². The Kier molecular flexibility index (Phi) is 4.51. The smallest absolute Gasteiger partial charge is 0.0979 e. The molecule has 0 amide bonds. The molecule has 0 spiro atoms. The van der Waals surface area contributed by atoms with Crippen LogP contribution in [0.2, 0.25) is 0 Å². The van der Waals surface area contributed by atoms with Gasteiger partial charge in [-0.25, -0.2) is 4.98 Å². The molecule has 2 unspecified atom stereocenters. The van der Waals surface area contributed by atoms with Crippen LogP contribution < -0.4 is 5.32 Å². The van der Waals surface area contributed by atoms with Gasteiger partial charge in [-0.3, -0.25) is 0 Å². The van der Waals surface area contributed by atoms with Gasteiger partial charge in [0.2, 0.25) is 0 Å². The first-order chi connectivity index (χ1) is 6.69. The van der Waals surface area contributed by atoms with Gasteiger partial charge in [-0.05, 0) is 14.0 Å². The summed E-state index contributed by atoms with van der Waals surface area (Å²) < 4.78 is 5.11. The zero-order valence-electron chi connectivity index (χ0n) is 9.20. The molecule has 14 heavy (non-hydrogen) atoms. The average Bonchev–Trinajstić information content (AvgIpc) is 2.66. The molecule has 1 aromatic rings. The Balaban J connectivity index is 2.67. The van der Waals surface area contributed by atoms with E-state index in [0.717, 1.165) is 11.6 Å². The van der Waals surface area contributed by atoms with E-state index in [1.54, 1.807) is 18.4 Å². The average molecular weight is 214 g/mol. The summed E-state index contributed by atoms with van der Waals surface area (Å²) >= 11 is 1.76. The Hall–Kier alpha value is -0.450. The van der Waals surface area contributed by atoms with Crippen molar-refractivity contribution in [1.29, 1.82) is 0 Å². The van der Waals surface area contributed by atoms with Crippen molar-refractivity contribution in [3.63, 3.8) is 0 Å². The molecule has 0 aliphatic rings. The molecule has 0 bridgehead atoms. The van der Waals surface area contributed by atoms with E-state index in [0.29, 0.717) is 12.0 Å². The van der Waals surface area contributed by atoms with Crippen LogP contribution in [0.3, 0.4) is 0 Å². The fourth-order valence-corrected chi connectivity index (χ4v) is 2.21. The molecule has 1 rings (SSSR count). The number of hydrogen-bond acceptors (Lipinski definition) is 4. The highest BCUT2D eigenvalue weighted by Gasteiger charge is 2.12. The molecular formula is C10H18N2OS. The van der Waals surface area contributed by atoms with Gasteiger partial charge in [-0.15, -0.1) is 11.3 Å². The maximum absolute atomic E-state index is 5.11. The maximum Gasteiger partial charge on any atom is 0.0979 e. The lowest BCUT2D eigenvalue weighted by Crippen LogP contribution is -2.10. The van der Waals surface area contributed by atoms with Crippen LogP contribution in [-0.4, -0.2) is 25.7 Å². The molecule has 0 aromatic carbocycles. The number of thiazole rings is 1. The second kappa shape index (κ2) is 5.44. The number of aromatic nitrogens is 1. The van der Waals surface area contributed by atoms with Crippen LogP contribution in [0.5, 0.6) is 0 Å². The summed E-state index contributed by atoms with van der Waals surface area (Å²) in [7, 11) is 3.68. The molecule has 2 atom stereocenters. The monoisotopic (exact) mass is 214 g/mol. The van der Waals surface area contributed by atoms with Crippen molar-refractivity contribution < 1.29 is 4.74 Å². The van der Waals surface area contributed by atoms with E-state index in [1.165, 1.54) is 4.88 Å². The van der Waals surface area contributed by atoms with Gasteiger partial charge in [-0.2, -0.15) is 0 Å². The largest absolute Gasteiger partial charge is 0.384 e. The van der Waals surface area contributed by atoms with E-state index < -0.39 is 0 Å². The van der Waals surface area contributed by atoms with Crippen molar-refractivity contribution in [2.24, 2.45) is 0 Å². The topological polar surface area (TPSA) is 34.2 Å². The molecule has 0 saturated heterocycles. The maximum atomic E-state index is 5.11. The second-order valence-corrected chi connectivity index (χ2v) is 4.56. The Morgan fingerprint density at radius 3 is 2.86 bits per heavy atom. The molecule has 0 fully saturated rings. The molecule has 0 radical (unpaired) electrons. The summed E-state index contributed by atoms with van der Waals surface area (Å²) in [6.45, 7) is 5.01. The van der Waals surface area contributed by atoms with Crippen LogP contribution in [0.1, 0.15) is 35.7 Å². The molecule has 1 heterocycles. The van der Waals surface area contributed by atoms with Crippen LogP contribution in [-0.2, 0) is 4.74 Å². The van der Waals surface area contributed by atoms with Gasteiger partial charge < -0.3 is 10.1 Å². The summed E-state index contributed by atoms with van der Waals surface area (Å²) in [5, 5.41) is 4.36. The van der Waals surface area contributed by atoms with Crippen LogP contribution in [0, 0.1) is 0 Å². The van der Waals surface area contributed by atoms with E-state index in [-0.39, 0.29) is 0 Å². The predicted octanol–water partition coefficient (Wildman–Crippen LogP) is 2.17. The number of hydrogen-bond donors (Lipinski definition) is 1. The molecule has 80 valence electrons.